The largest absolute Gasteiger partial charge is 0.394 e. The van der Waals surface area contributed by atoms with Crippen LogP contribution in [0.5, 0.6) is 0 Å². The van der Waals surface area contributed by atoms with E-state index < -0.39 is 49.5 Å². The molecule has 1 amide bonds. The van der Waals surface area contributed by atoms with Crippen LogP contribution in [0.3, 0.4) is 0 Å². The number of aliphatic hydroxyl groups is 5. The maximum atomic E-state index is 13.1. The first kappa shape index (κ1) is 64.2. The molecule has 0 aromatic rings. The number of ether oxygens (including phenoxy) is 2. The van der Waals surface area contributed by atoms with Crippen LogP contribution >= 0.6 is 0 Å². The van der Waals surface area contributed by atoms with Crippen LogP contribution in [-0.4, -0.2) is 87.5 Å². The molecule has 400 valence electrons. The van der Waals surface area contributed by atoms with Crippen molar-refractivity contribution in [1.29, 1.82) is 0 Å². The molecular formula is C58H115NO8. The van der Waals surface area contributed by atoms with E-state index in [-0.39, 0.29) is 12.5 Å². The van der Waals surface area contributed by atoms with Gasteiger partial charge in [0.15, 0.2) is 6.29 Å². The first-order chi connectivity index (χ1) is 32.8. The average Bonchev–Trinajstić information content (AvgIpc) is 3.33. The normalized spacial score (nSPS) is 19.5. The minimum Gasteiger partial charge on any atom is -0.394 e. The third-order valence-electron chi connectivity index (χ3n) is 14.7. The minimum atomic E-state index is -1.55. The summed E-state index contributed by atoms with van der Waals surface area (Å²) in [4.78, 5) is 13.1. The van der Waals surface area contributed by atoms with Gasteiger partial charge >= 0.3 is 0 Å². The molecule has 0 aliphatic carbocycles. The maximum absolute atomic E-state index is 13.1. The molecule has 1 saturated heterocycles. The molecule has 1 fully saturated rings. The van der Waals surface area contributed by atoms with Crippen LogP contribution in [0, 0.1) is 0 Å². The van der Waals surface area contributed by atoms with Crippen LogP contribution in [0.4, 0.5) is 0 Å². The van der Waals surface area contributed by atoms with E-state index in [9.17, 15) is 30.3 Å². The monoisotopic (exact) mass is 954 g/mol. The molecule has 67 heavy (non-hydrogen) atoms. The number of nitrogens with one attached hydrogen (secondary N) is 1. The van der Waals surface area contributed by atoms with Crippen molar-refractivity contribution in [2.24, 2.45) is 0 Å². The number of aliphatic hydroxyl groups excluding tert-OH is 5. The van der Waals surface area contributed by atoms with Gasteiger partial charge in [-0.3, -0.25) is 4.79 Å². The predicted octanol–water partition coefficient (Wildman–Crippen LogP) is 14.6. The summed E-state index contributed by atoms with van der Waals surface area (Å²) < 4.78 is 11.3. The Balaban J connectivity index is 2.10. The summed E-state index contributed by atoms with van der Waals surface area (Å²) in [6, 6.07) is -0.713. The molecule has 1 rings (SSSR count). The second-order valence-electron chi connectivity index (χ2n) is 21.2. The van der Waals surface area contributed by atoms with E-state index in [4.69, 9.17) is 9.47 Å². The van der Waals surface area contributed by atoms with Gasteiger partial charge in [-0.05, 0) is 12.8 Å². The summed E-state index contributed by atoms with van der Waals surface area (Å²) in [5, 5.41) is 54.6. The molecule has 0 spiro atoms. The number of rotatable bonds is 52. The van der Waals surface area contributed by atoms with Gasteiger partial charge in [0.2, 0.25) is 5.91 Å². The molecule has 9 heteroatoms. The molecule has 7 atom stereocenters. The van der Waals surface area contributed by atoms with Gasteiger partial charge in [-0.15, -0.1) is 0 Å². The fourth-order valence-corrected chi connectivity index (χ4v) is 9.99. The van der Waals surface area contributed by atoms with Gasteiger partial charge in [-0.2, -0.15) is 0 Å². The van der Waals surface area contributed by atoms with Crippen molar-refractivity contribution in [2.45, 2.75) is 352 Å². The topological polar surface area (TPSA) is 149 Å². The summed E-state index contributed by atoms with van der Waals surface area (Å²) in [5.41, 5.74) is 0. The Morgan fingerprint density at radius 2 is 0.746 bits per heavy atom. The Kier molecular flexibility index (Phi) is 46.8. The lowest BCUT2D eigenvalue weighted by Crippen LogP contribution is -2.60. The van der Waals surface area contributed by atoms with Crippen molar-refractivity contribution >= 4 is 5.91 Å². The highest BCUT2D eigenvalue weighted by Gasteiger charge is 2.44. The van der Waals surface area contributed by atoms with Gasteiger partial charge in [0.25, 0.3) is 0 Å². The summed E-state index contributed by atoms with van der Waals surface area (Å²) in [7, 11) is 0. The molecule has 1 heterocycles. The van der Waals surface area contributed by atoms with Crippen molar-refractivity contribution in [3.8, 4) is 0 Å². The molecule has 0 bridgehead atoms. The molecule has 0 aromatic carbocycles. The molecule has 0 saturated carbocycles. The first-order valence-electron chi connectivity index (χ1n) is 29.7. The van der Waals surface area contributed by atoms with Gasteiger partial charge in [-0.1, -0.05) is 290 Å². The van der Waals surface area contributed by atoms with E-state index in [0.29, 0.717) is 12.8 Å². The van der Waals surface area contributed by atoms with Gasteiger partial charge in [-0.25, -0.2) is 0 Å². The van der Waals surface area contributed by atoms with Crippen molar-refractivity contribution in [2.75, 3.05) is 13.2 Å². The first-order valence-corrected chi connectivity index (χ1v) is 29.7. The zero-order valence-corrected chi connectivity index (χ0v) is 44.4. The van der Waals surface area contributed by atoms with Crippen molar-refractivity contribution in [1.82, 2.24) is 5.32 Å². The third kappa shape index (κ3) is 38.5. The molecule has 0 radical (unpaired) electrons. The van der Waals surface area contributed by atoms with E-state index in [2.05, 4.69) is 19.2 Å². The summed E-state index contributed by atoms with van der Waals surface area (Å²) in [6.45, 7) is 3.88. The average molecular weight is 955 g/mol. The van der Waals surface area contributed by atoms with Crippen LogP contribution in [-0.2, 0) is 14.3 Å². The highest BCUT2D eigenvalue weighted by atomic mass is 16.7. The number of hydrogen-bond acceptors (Lipinski definition) is 8. The smallest absolute Gasteiger partial charge is 0.220 e. The third-order valence-corrected chi connectivity index (χ3v) is 14.7. The molecule has 6 N–H and O–H groups in total. The van der Waals surface area contributed by atoms with Crippen LogP contribution in [0.1, 0.15) is 309 Å². The maximum Gasteiger partial charge on any atom is 0.220 e. The van der Waals surface area contributed by atoms with Crippen LogP contribution in [0.15, 0.2) is 0 Å². The van der Waals surface area contributed by atoms with Gasteiger partial charge in [0, 0.05) is 6.42 Å². The lowest BCUT2D eigenvalue weighted by Gasteiger charge is -2.40. The van der Waals surface area contributed by atoms with Crippen molar-refractivity contribution in [3.63, 3.8) is 0 Å². The SMILES string of the molecule is CCCCCCCCCCCCCCCCCCCCCCCCCCCCCCCCC(=O)N[C@@H](CO[C@@H]1O[C@H](CO)[C@H](O)C(O)C1O)[C@H](O)CCCCCCCCCCCCCCCC. The van der Waals surface area contributed by atoms with E-state index >= 15 is 0 Å². The van der Waals surface area contributed by atoms with Gasteiger partial charge < -0.3 is 40.3 Å². The Bertz CT molecular complexity index is 1020. The number of carbonyl (C=O) groups excluding carboxylic acids is 1. The lowest BCUT2D eigenvalue weighted by atomic mass is 9.99. The van der Waals surface area contributed by atoms with Crippen LogP contribution in [0.25, 0.3) is 0 Å². The highest BCUT2D eigenvalue weighted by Crippen LogP contribution is 2.23. The van der Waals surface area contributed by atoms with Crippen molar-refractivity contribution < 1.29 is 39.8 Å². The van der Waals surface area contributed by atoms with E-state index in [1.54, 1.807) is 0 Å². The van der Waals surface area contributed by atoms with Crippen LogP contribution in [0.2, 0.25) is 0 Å². The molecule has 1 aliphatic heterocycles. The molecule has 0 aromatic heterocycles. The Labute approximate surface area is 414 Å². The summed E-state index contributed by atoms with van der Waals surface area (Å²) >= 11 is 0. The zero-order valence-electron chi connectivity index (χ0n) is 44.4. The quantitative estimate of drug-likeness (QED) is 0.0330. The van der Waals surface area contributed by atoms with E-state index in [1.807, 2.05) is 0 Å². The van der Waals surface area contributed by atoms with Crippen molar-refractivity contribution in [3.05, 3.63) is 0 Å². The summed E-state index contributed by atoms with van der Waals surface area (Å²) in [6.07, 6.45) is 51.5. The number of carbonyl (C=O) groups is 1. The zero-order chi connectivity index (χ0) is 48.7. The Hall–Kier alpha value is -0.810. The van der Waals surface area contributed by atoms with Gasteiger partial charge in [0.05, 0.1) is 25.4 Å². The second-order valence-corrected chi connectivity index (χ2v) is 21.2. The minimum absolute atomic E-state index is 0.131. The Morgan fingerprint density at radius 1 is 0.448 bits per heavy atom. The van der Waals surface area contributed by atoms with Crippen LogP contribution < -0.4 is 5.32 Å². The fourth-order valence-electron chi connectivity index (χ4n) is 9.99. The number of amides is 1. The molecule has 9 nitrogen and oxygen atoms in total. The Morgan fingerprint density at radius 3 is 1.06 bits per heavy atom. The standard InChI is InChI=1S/C58H115NO8/c1-3-5-7-9-11-13-15-17-19-20-21-22-23-24-25-26-27-28-29-30-31-32-33-34-36-38-40-42-44-46-48-54(62)59-51(50-66-58-57(65)56(64)55(63)53(49-60)67-58)52(61)47-45-43-41-39-37-35-18-16-14-12-10-8-6-4-2/h51-53,55-58,60-61,63-65H,3-50H2,1-2H3,(H,59,62)/t51-,52+,53+,55-,56?,57?,58+/m0/s1. The fraction of sp³-hybridized carbons (Fsp3) is 0.983. The lowest BCUT2D eigenvalue weighted by molar-refractivity contribution is -0.302. The molecule has 1 aliphatic rings. The number of hydrogen-bond donors (Lipinski definition) is 6. The number of unbranched alkanes of at least 4 members (excludes halogenated alkanes) is 42. The molecule has 2 unspecified atom stereocenters. The summed E-state index contributed by atoms with van der Waals surface area (Å²) in [5.74, 6) is -0.136. The second kappa shape index (κ2) is 48.8. The van der Waals surface area contributed by atoms with Gasteiger partial charge in [0.1, 0.15) is 24.4 Å². The predicted molar refractivity (Wildman–Crippen MR) is 281 cm³/mol. The van der Waals surface area contributed by atoms with E-state index in [0.717, 1.165) is 38.5 Å². The highest BCUT2D eigenvalue weighted by molar-refractivity contribution is 5.76. The van der Waals surface area contributed by atoms with E-state index in [1.165, 1.54) is 244 Å². The molecular weight excluding hydrogens is 839 g/mol.